The van der Waals surface area contributed by atoms with Crippen molar-refractivity contribution in [3.8, 4) is 50.3 Å². The lowest BCUT2D eigenvalue weighted by atomic mass is 10.0. The van der Waals surface area contributed by atoms with Crippen LogP contribution in [0.2, 0.25) is 0 Å². The third-order valence-electron chi connectivity index (χ3n) is 4.21. The van der Waals surface area contributed by atoms with E-state index in [-0.39, 0.29) is 5.75 Å². The Labute approximate surface area is 175 Å². The number of phenols is 1. The summed E-state index contributed by atoms with van der Waals surface area (Å²) in [6, 6.07) is 8.99. The van der Waals surface area contributed by atoms with E-state index in [1.165, 1.54) is 34.9 Å². The van der Waals surface area contributed by atoms with Gasteiger partial charge in [-0.15, -0.1) is 0 Å². The van der Waals surface area contributed by atoms with Gasteiger partial charge in [-0.2, -0.15) is 0 Å². The first-order chi connectivity index (χ1) is 14.1. The zero-order valence-corrected chi connectivity index (χ0v) is 18.3. The van der Waals surface area contributed by atoms with Crippen molar-refractivity contribution >= 4 is 20.7 Å². The van der Waals surface area contributed by atoms with Gasteiger partial charge in [0.15, 0.2) is 27.7 Å². The number of benzene rings is 2. The highest BCUT2D eigenvalue weighted by Crippen LogP contribution is 2.45. The van der Waals surface area contributed by atoms with E-state index in [4.69, 9.17) is 23.8 Å². The fourth-order valence-corrected chi connectivity index (χ4v) is 5.43. The molecule has 29 heavy (non-hydrogen) atoms. The summed E-state index contributed by atoms with van der Waals surface area (Å²) < 4.78 is 22.3. The summed E-state index contributed by atoms with van der Waals surface area (Å²) in [6.07, 6.45) is 0. The second-order valence-corrected chi connectivity index (χ2v) is 7.88. The molecule has 1 heterocycles. The minimum atomic E-state index is 0.0597. The average molecular weight is 436 g/mol. The van der Waals surface area contributed by atoms with Crippen molar-refractivity contribution in [1.29, 1.82) is 0 Å². The molecule has 2 aromatic carbocycles. The monoisotopic (exact) mass is 435 g/mol. The summed E-state index contributed by atoms with van der Waals surface area (Å²) in [4.78, 5) is 5.96. The van der Waals surface area contributed by atoms with Crippen LogP contribution in [0.3, 0.4) is 0 Å². The fraction of sp³-hybridized carbons (Fsp3) is 0.250. The molecule has 1 aromatic heterocycles. The number of rotatable bonds is 7. The number of methoxy groups -OCH3 is 4. The Balaban J connectivity index is 2.28. The van der Waals surface area contributed by atoms with Crippen LogP contribution in [0.1, 0.15) is 0 Å². The molecule has 7 nitrogen and oxygen atoms in total. The number of phenolic OH excluding ortho intramolecular Hbond substituents is 1. The van der Waals surface area contributed by atoms with Crippen LogP contribution >= 0.6 is 20.7 Å². The zero-order chi connectivity index (χ0) is 21.0. The Morgan fingerprint density at radius 3 is 1.93 bits per heavy atom. The van der Waals surface area contributed by atoms with Gasteiger partial charge in [-0.25, -0.2) is 0 Å². The summed E-state index contributed by atoms with van der Waals surface area (Å²) in [5.74, 6) is 2.04. The van der Waals surface area contributed by atoms with Gasteiger partial charge >= 0.3 is 0 Å². The highest BCUT2D eigenvalue weighted by atomic mass is 32.9. The van der Waals surface area contributed by atoms with Gasteiger partial charge in [-0.05, 0) is 41.5 Å². The summed E-state index contributed by atoms with van der Waals surface area (Å²) in [5, 5.41) is 14.4. The molecule has 154 valence electrons. The van der Waals surface area contributed by atoms with E-state index in [1.807, 2.05) is 18.2 Å². The summed E-state index contributed by atoms with van der Waals surface area (Å²) >= 11 is 0. The first kappa shape index (κ1) is 20.8. The van der Waals surface area contributed by atoms with Crippen LogP contribution in [-0.4, -0.2) is 40.7 Å². The molecule has 0 saturated heterocycles. The maximum atomic E-state index is 10.2. The molecule has 3 aromatic rings. The van der Waals surface area contributed by atoms with E-state index < -0.39 is 0 Å². The largest absolute Gasteiger partial charge is 0.504 e. The fourth-order valence-electron chi connectivity index (χ4n) is 2.91. The Morgan fingerprint density at radius 1 is 0.759 bits per heavy atom. The number of ether oxygens (including phenoxy) is 4. The van der Waals surface area contributed by atoms with Crippen LogP contribution in [0.5, 0.6) is 28.7 Å². The number of hydrogen-bond donors (Lipinski definition) is 1. The lowest BCUT2D eigenvalue weighted by Crippen LogP contribution is -2.02. The highest BCUT2D eigenvalue weighted by molar-refractivity contribution is 7.70. The van der Waals surface area contributed by atoms with Crippen LogP contribution in [0.15, 0.2) is 35.5 Å². The van der Waals surface area contributed by atoms with E-state index in [0.29, 0.717) is 27.7 Å². The van der Waals surface area contributed by atoms with Crippen molar-refractivity contribution in [2.24, 2.45) is 5.16 Å². The molecule has 0 atom stereocenters. The van der Waals surface area contributed by atoms with Crippen LogP contribution in [0.4, 0.5) is 0 Å². The van der Waals surface area contributed by atoms with Gasteiger partial charge in [-0.1, -0.05) is 25.8 Å². The van der Waals surface area contributed by atoms with E-state index in [2.05, 4.69) is 5.16 Å². The second-order valence-electron chi connectivity index (χ2n) is 5.75. The lowest BCUT2D eigenvalue weighted by Gasteiger charge is -2.14. The number of hydrogen-bond acceptors (Lipinski definition) is 9. The van der Waals surface area contributed by atoms with E-state index in [1.54, 1.807) is 33.5 Å². The smallest absolute Gasteiger partial charge is 0.203 e. The molecule has 3 rings (SSSR count). The topological polar surface area (TPSA) is 78.7 Å². The van der Waals surface area contributed by atoms with Gasteiger partial charge in [0.2, 0.25) is 5.75 Å². The normalized spacial score (nSPS) is 11.3. The van der Waals surface area contributed by atoms with Gasteiger partial charge in [0.1, 0.15) is 7.11 Å². The van der Waals surface area contributed by atoms with Crippen molar-refractivity contribution < 1.29 is 28.9 Å². The van der Waals surface area contributed by atoms with Gasteiger partial charge < -0.3 is 28.9 Å². The Morgan fingerprint density at radius 2 is 1.41 bits per heavy atom. The van der Waals surface area contributed by atoms with Crippen LogP contribution in [0, 0.1) is 0 Å². The standard InChI is InChI=1S/C20H21NO6S2/c1-23-14-7-6-11(8-13(14)22)19-17(20(21-27-5)29-28-19)12-9-15(24-2)18(26-4)16(10-12)25-3/h6-10,22H,1-5H3/b21-20-. The number of aromatic hydroxyl groups is 1. The minimum absolute atomic E-state index is 0.0597. The Hall–Kier alpha value is -2.91. The maximum Gasteiger partial charge on any atom is 0.203 e. The third-order valence-corrected chi connectivity index (χ3v) is 6.56. The molecular formula is C20H21NO6S2. The molecule has 9 heteroatoms. The molecule has 0 bridgehead atoms. The van der Waals surface area contributed by atoms with Crippen LogP contribution in [0.25, 0.3) is 21.6 Å². The molecule has 0 saturated carbocycles. The number of nitrogens with zero attached hydrogens (tertiary/aromatic N) is 1. The molecule has 0 spiro atoms. The molecule has 0 aliphatic rings. The van der Waals surface area contributed by atoms with Crippen molar-refractivity contribution in [1.82, 2.24) is 0 Å². The summed E-state index contributed by atoms with van der Waals surface area (Å²) in [5.41, 5.74) is 2.48. The van der Waals surface area contributed by atoms with Crippen LogP contribution in [-0.2, 0) is 4.84 Å². The van der Waals surface area contributed by atoms with Crippen molar-refractivity contribution in [3.05, 3.63) is 35.0 Å². The summed E-state index contributed by atoms with van der Waals surface area (Å²) in [7, 11) is 10.7. The predicted molar refractivity (Wildman–Crippen MR) is 114 cm³/mol. The predicted octanol–water partition coefficient (Wildman–Crippen LogP) is 4.35. The van der Waals surface area contributed by atoms with E-state index in [9.17, 15) is 5.11 Å². The maximum absolute atomic E-state index is 10.2. The van der Waals surface area contributed by atoms with Gasteiger partial charge in [0.05, 0.1) is 33.3 Å². The first-order valence-corrected chi connectivity index (χ1v) is 10.6. The lowest BCUT2D eigenvalue weighted by molar-refractivity contribution is 0.202. The van der Waals surface area contributed by atoms with Crippen molar-refractivity contribution in [3.63, 3.8) is 0 Å². The Kier molecular flexibility index (Phi) is 6.50. The molecule has 0 radical (unpaired) electrons. The van der Waals surface area contributed by atoms with E-state index in [0.717, 1.165) is 21.6 Å². The molecule has 0 unspecified atom stereocenters. The molecule has 0 aliphatic carbocycles. The van der Waals surface area contributed by atoms with Crippen LogP contribution < -0.4 is 23.6 Å². The van der Waals surface area contributed by atoms with Gasteiger partial charge in [0, 0.05) is 5.56 Å². The zero-order valence-electron chi connectivity index (χ0n) is 16.6. The van der Waals surface area contributed by atoms with Crippen molar-refractivity contribution in [2.45, 2.75) is 0 Å². The third kappa shape index (κ3) is 3.96. The second kappa shape index (κ2) is 9.06. The van der Waals surface area contributed by atoms with Gasteiger partial charge in [0.25, 0.3) is 0 Å². The van der Waals surface area contributed by atoms with E-state index >= 15 is 0 Å². The highest BCUT2D eigenvalue weighted by Gasteiger charge is 2.20. The molecule has 0 amide bonds. The first-order valence-electron chi connectivity index (χ1n) is 8.46. The SMILES string of the molecule is CO/N=c1\ssc(-c2ccc(OC)c(O)c2)c1-c1cc(OC)c(OC)c(OC)c1. The Bertz CT molecular complexity index is 1050. The molecule has 0 fully saturated rings. The van der Waals surface area contributed by atoms with Gasteiger partial charge in [-0.3, -0.25) is 0 Å². The van der Waals surface area contributed by atoms with Crippen molar-refractivity contribution in [2.75, 3.05) is 35.5 Å². The minimum Gasteiger partial charge on any atom is -0.504 e. The molecule has 0 aliphatic heterocycles. The quantitative estimate of drug-likeness (QED) is 0.439. The molecular weight excluding hydrogens is 414 g/mol. The average Bonchev–Trinajstić information content (AvgIpc) is 3.16. The summed E-state index contributed by atoms with van der Waals surface area (Å²) in [6.45, 7) is 0. The molecule has 1 N–H and O–H groups in total.